The van der Waals surface area contributed by atoms with Crippen LogP contribution in [0.4, 0.5) is 0 Å². The average molecular weight is 253 g/mol. The minimum absolute atomic E-state index is 0.0674. The van der Waals surface area contributed by atoms with Crippen LogP contribution in [0.2, 0.25) is 0 Å². The van der Waals surface area contributed by atoms with E-state index in [-0.39, 0.29) is 16.9 Å². The zero-order valence-electron chi connectivity index (χ0n) is 10.9. The highest BCUT2D eigenvalue weighted by Crippen LogP contribution is 2.20. The van der Waals surface area contributed by atoms with Gasteiger partial charge in [-0.05, 0) is 19.3 Å². The van der Waals surface area contributed by atoms with E-state index in [2.05, 4.69) is 15.3 Å². The summed E-state index contributed by atoms with van der Waals surface area (Å²) in [6, 6.07) is 0. The summed E-state index contributed by atoms with van der Waals surface area (Å²) in [4.78, 5) is 29.2. The van der Waals surface area contributed by atoms with Crippen LogP contribution in [0.3, 0.4) is 0 Å². The first-order valence-corrected chi connectivity index (χ1v) is 6.08. The zero-order chi connectivity index (χ0) is 13.8. The van der Waals surface area contributed by atoms with Gasteiger partial charge in [0.05, 0.1) is 6.33 Å². The van der Waals surface area contributed by atoms with Crippen LogP contribution in [0, 0.1) is 0 Å². The predicted octanol–water partition coefficient (Wildman–Crippen LogP) is 1.81. The molecule has 1 aromatic heterocycles. The Morgan fingerprint density at radius 1 is 1.33 bits per heavy atom. The predicted molar refractivity (Wildman–Crippen MR) is 66.6 cm³/mol. The van der Waals surface area contributed by atoms with Gasteiger partial charge in [0.25, 0.3) is 5.91 Å². The second kappa shape index (κ2) is 5.66. The minimum atomic E-state index is -1.19. The van der Waals surface area contributed by atoms with Crippen molar-refractivity contribution in [1.82, 2.24) is 15.3 Å². The number of aromatic nitrogens is 2. The summed E-state index contributed by atoms with van der Waals surface area (Å²) in [6.07, 6.45) is 3.58. The summed E-state index contributed by atoms with van der Waals surface area (Å²) in [7, 11) is 0. The molecule has 1 aromatic rings. The lowest BCUT2D eigenvalue weighted by Crippen LogP contribution is -2.47. The van der Waals surface area contributed by atoms with E-state index in [1.807, 2.05) is 20.8 Å². The second-order valence-electron chi connectivity index (χ2n) is 4.23. The molecule has 18 heavy (non-hydrogen) atoms. The zero-order valence-corrected chi connectivity index (χ0v) is 10.9. The topological polar surface area (TPSA) is 95.1 Å². The van der Waals surface area contributed by atoms with E-state index >= 15 is 0 Å². The van der Waals surface area contributed by atoms with Crippen LogP contribution < -0.4 is 5.32 Å². The number of hydrogen-bond acceptors (Lipinski definition) is 3. The molecule has 0 bridgehead atoms. The molecule has 0 aliphatic carbocycles. The lowest BCUT2D eigenvalue weighted by Gasteiger charge is -2.31. The molecule has 0 atom stereocenters. The molecular formula is C12H19N3O3. The lowest BCUT2D eigenvalue weighted by molar-refractivity contribution is 0.0682. The van der Waals surface area contributed by atoms with Crippen LogP contribution in [0.1, 0.15) is 61.0 Å². The fraction of sp³-hybridized carbons (Fsp3) is 0.583. The molecule has 0 radical (unpaired) electrons. The third-order valence-corrected chi connectivity index (χ3v) is 3.48. The van der Waals surface area contributed by atoms with E-state index < -0.39 is 11.9 Å². The normalized spacial score (nSPS) is 11.3. The molecule has 0 aliphatic heterocycles. The molecule has 6 heteroatoms. The van der Waals surface area contributed by atoms with Gasteiger partial charge in [-0.25, -0.2) is 9.78 Å². The molecule has 0 unspecified atom stereocenters. The maximum Gasteiger partial charge on any atom is 0.354 e. The summed E-state index contributed by atoms with van der Waals surface area (Å²) < 4.78 is 0. The van der Waals surface area contributed by atoms with Crippen LogP contribution >= 0.6 is 0 Å². The monoisotopic (exact) mass is 253 g/mol. The van der Waals surface area contributed by atoms with Crippen LogP contribution in [0.5, 0.6) is 0 Å². The van der Waals surface area contributed by atoms with Crippen LogP contribution in [0.25, 0.3) is 0 Å². The smallest absolute Gasteiger partial charge is 0.354 e. The molecule has 3 N–H and O–H groups in total. The maximum atomic E-state index is 12.1. The second-order valence-corrected chi connectivity index (χ2v) is 4.23. The summed E-state index contributed by atoms with van der Waals surface area (Å²) in [5, 5.41) is 11.8. The van der Waals surface area contributed by atoms with Crippen molar-refractivity contribution in [3.63, 3.8) is 0 Å². The molecule has 6 nitrogen and oxygen atoms in total. The third kappa shape index (κ3) is 2.69. The van der Waals surface area contributed by atoms with Crippen molar-refractivity contribution in [3.8, 4) is 0 Å². The lowest BCUT2D eigenvalue weighted by atomic mass is 9.89. The molecular weight excluding hydrogens is 234 g/mol. The van der Waals surface area contributed by atoms with Crippen molar-refractivity contribution in [1.29, 1.82) is 0 Å². The number of carbonyl (C=O) groups excluding carboxylic acids is 1. The number of aromatic carboxylic acids is 1. The Morgan fingerprint density at radius 3 is 2.33 bits per heavy atom. The van der Waals surface area contributed by atoms with E-state index in [0.29, 0.717) is 0 Å². The van der Waals surface area contributed by atoms with Gasteiger partial charge in [0.15, 0.2) is 11.4 Å². The van der Waals surface area contributed by atoms with Gasteiger partial charge in [-0.15, -0.1) is 0 Å². The standard InChI is InChI=1S/C12H19N3O3/c1-4-12(5-2,6-3)15-10(16)8-9(11(17)18)14-7-13-8/h7H,4-6H2,1-3H3,(H,13,14)(H,15,16)(H,17,18). The van der Waals surface area contributed by atoms with Gasteiger partial charge in [0.2, 0.25) is 0 Å². The first kappa shape index (κ1) is 14.2. The molecule has 1 rings (SSSR count). The van der Waals surface area contributed by atoms with Crippen molar-refractivity contribution in [2.24, 2.45) is 0 Å². The molecule has 0 saturated heterocycles. The number of carbonyl (C=O) groups is 2. The number of aromatic amines is 1. The number of amides is 1. The number of carboxylic acid groups (broad SMARTS) is 1. The van der Waals surface area contributed by atoms with Crippen LogP contribution in [-0.4, -0.2) is 32.5 Å². The first-order chi connectivity index (χ1) is 8.49. The Balaban J connectivity index is 2.94. The van der Waals surface area contributed by atoms with Crippen molar-refractivity contribution in [2.45, 2.75) is 45.6 Å². The van der Waals surface area contributed by atoms with Gasteiger partial charge in [-0.3, -0.25) is 4.79 Å². The van der Waals surface area contributed by atoms with Gasteiger partial charge in [0.1, 0.15) is 0 Å². The summed E-state index contributed by atoms with van der Waals surface area (Å²) in [5.41, 5.74) is -0.543. The van der Waals surface area contributed by atoms with Crippen molar-refractivity contribution in [3.05, 3.63) is 17.7 Å². The van der Waals surface area contributed by atoms with Crippen LogP contribution in [0.15, 0.2) is 6.33 Å². The fourth-order valence-electron chi connectivity index (χ4n) is 1.94. The number of H-pyrrole nitrogens is 1. The minimum Gasteiger partial charge on any atom is -0.477 e. The molecule has 0 saturated carbocycles. The van der Waals surface area contributed by atoms with Gasteiger partial charge in [-0.1, -0.05) is 20.8 Å². The van der Waals surface area contributed by atoms with E-state index in [1.165, 1.54) is 6.33 Å². The molecule has 100 valence electrons. The maximum absolute atomic E-state index is 12.1. The largest absolute Gasteiger partial charge is 0.477 e. The number of nitrogens with one attached hydrogen (secondary N) is 2. The number of imidazole rings is 1. The average Bonchev–Trinajstić information content (AvgIpc) is 2.85. The summed E-state index contributed by atoms with van der Waals surface area (Å²) in [5.74, 6) is -1.63. The van der Waals surface area contributed by atoms with Gasteiger partial charge >= 0.3 is 5.97 Å². The fourth-order valence-corrected chi connectivity index (χ4v) is 1.94. The number of hydrogen-bond donors (Lipinski definition) is 3. The quantitative estimate of drug-likeness (QED) is 0.720. The number of nitrogens with zero attached hydrogens (tertiary/aromatic N) is 1. The van der Waals surface area contributed by atoms with E-state index in [4.69, 9.17) is 5.11 Å². The molecule has 1 heterocycles. The highest BCUT2D eigenvalue weighted by atomic mass is 16.4. The molecule has 0 spiro atoms. The molecule has 1 amide bonds. The van der Waals surface area contributed by atoms with E-state index in [1.54, 1.807) is 0 Å². The third-order valence-electron chi connectivity index (χ3n) is 3.48. The Labute approximate surface area is 106 Å². The SMILES string of the molecule is CCC(CC)(CC)NC(=O)c1nc[nH]c1C(=O)O. The Morgan fingerprint density at radius 2 is 1.89 bits per heavy atom. The Kier molecular flexibility index (Phi) is 4.47. The summed E-state index contributed by atoms with van der Waals surface area (Å²) >= 11 is 0. The van der Waals surface area contributed by atoms with Crippen molar-refractivity contribution >= 4 is 11.9 Å². The highest BCUT2D eigenvalue weighted by molar-refractivity contribution is 6.02. The first-order valence-electron chi connectivity index (χ1n) is 6.08. The van der Waals surface area contributed by atoms with Crippen molar-refractivity contribution < 1.29 is 14.7 Å². The van der Waals surface area contributed by atoms with Gasteiger partial charge < -0.3 is 15.4 Å². The summed E-state index contributed by atoms with van der Waals surface area (Å²) in [6.45, 7) is 5.99. The van der Waals surface area contributed by atoms with Gasteiger partial charge in [-0.2, -0.15) is 0 Å². The Bertz CT molecular complexity index is 427. The van der Waals surface area contributed by atoms with Crippen LogP contribution in [-0.2, 0) is 0 Å². The molecule has 0 fully saturated rings. The number of carboxylic acids is 1. The number of rotatable bonds is 6. The van der Waals surface area contributed by atoms with Gasteiger partial charge in [0, 0.05) is 5.54 Å². The Hall–Kier alpha value is -1.85. The molecule has 0 aromatic carbocycles. The molecule has 0 aliphatic rings. The van der Waals surface area contributed by atoms with E-state index in [9.17, 15) is 9.59 Å². The van der Waals surface area contributed by atoms with Crippen molar-refractivity contribution in [2.75, 3.05) is 0 Å². The highest BCUT2D eigenvalue weighted by Gasteiger charge is 2.29. The van der Waals surface area contributed by atoms with E-state index in [0.717, 1.165) is 19.3 Å².